The molecule has 12 heteroatoms. The Labute approximate surface area is 227 Å². The van der Waals surface area contributed by atoms with Crippen LogP contribution < -0.4 is 4.90 Å². The topological polar surface area (TPSA) is 92.4 Å². The minimum atomic E-state index is -2.43. The van der Waals surface area contributed by atoms with Crippen LogP contribution in [0.25, 0.3) is 5.65 Å². The third-order valence-electron chi connectivity index (χ3n) is 6.25. The molecule has 1 saturated heterocycles. The van der Waals surface area contributed by atoms with Crippen LogP contribution >= 0.6 is 33.2 Å². The van der Waals surface area contributed by atoms with Gasteiger partial charge >= 0.3 is 0 Å². The molecule has 0 radical (unpaired) electrons. The molecule has 1 aliphatic rings. The van der Waals surface area contributed by atoms with Crippen molar-refractivity contribution in [3.63, 3.8) is 0 Å². The van der Waals surface area contributed by atoms with Crippen LogP contribution in [0.1, 0.15) is 24.5 Å². The molecule has 3 heterocycles. The Morgan fingerprint density at radius 1 is 1.03 bits per heavy atom. The zero-order valence-electron chi connectivity index (χ0n) is 22.1. The van der Waals surface area contributed by atoms with Crippen molar-refractivity contribution < 1.29 is 18.6 Å². The second kappa shape index (κ2) is 12.1. The third-order valence-corrected chi connectivity index (χ3v) is 12.2. The van der Waals surface area contributed by atoms with Crippen molar-refractivity contribution in [3.05, 3.63) is 21.5 Å². The number of hydrogen-bond donors (Lipinski definition) is 2. The maximum absolute atomic E-state index is 10.1. The summed E-state index contributed by atoms with van der Waals surface area (Å²) in [6.07, 6.45) is 3.30. The van der Waals surface area contributed by atoms with E-state index in [4.69, 9.17) is 14.5 Å². The Balaban J connectivity index is 1.85. The van der Waals surface area contributed by atoms with Crippen LogP contribution in [0.2, 0.25) is 51.4 Å². The lowest BCUT2D eigenvalue weighted by atomic mass is 9.98. The molecule has 2 N–H and O–H groups in total. The van der Waals surface area contributed by atoms with Crippen molar-refractivity contribution in [3.8, 4) is 0 Å². The molecule has 0 bridgehead atoms. The number of hydrogen-bond acceptors (Lipinski definition) is 7. The predicted molar refractivity (Wildman–Crippen MR) is 161 cm³/mol. The molecule has 0 atom stereocenters. The van der Waals surface area contributed by atoms with Crippen LogP contribution in [0.3, 0.4) is 0 Å². The van der Waals surface area contributed by atoms with E-state index >= 15 is 0 Å². The first-order valence-corrected chi connectivity index (χ1v) is 22.8. The zero-order chi connectivity index (χ0) is 25.9. The molecule has 0 spiro atoms. The highest BCUT2D eigenvalue weighted by molar-refractivity contribution is 14.1. The third kappa shape index (κ3) is 9.23. The van der Waals surface area contributed by atoms with E-state index in [2.05, 4.69) is 77.9 Å². The minimum absolute atomic E-state index is 0.201. The van der Waals surface area contributed by atoms with Crippen LogP contribution in [-0.2, 0) is 9.47 Å². The Morgan fingerprint density at radius 2 is 1.57 bits per heavy atom. The van der Waals surface area contributed by atoms with Crippen molar-refractivity contribution >= 4 is 60.8 Å². The van der Waals surface area contributed by atoms with E-state index in [0.717, 1.165) is 58.9 Å². The standard InChI is InChI=1S/C23H43IN4O4SSi2/c1-34(2,3)13-9-31-17-27(18-32-10-14-35(4,5)6)22-15-21(19-7-11-33(29,30)12-8-19)26-23-20(24)16-25-28(22)23/h15-16,19,29-30H,7-14,17-18H2,1-6H3. The molecule has 1 aliphatic heterocycles. The highest BCUT2D eigenvalue weighted by Crippen LogP contribution is 2.48. The maximum Gasteiger partial charge on any atom is 0.171 e. The molecule has 35 heavy (non-hydrogen) atoms. The van der Waals surface area contributed by atoms with Gasteiger partial charge < -0.3 is 14.4 Å². The lowest BCUT2D eigenvalue weighted by Crippen LogP contribution is -2.33. The SMILES string of the molecule is C[Si](C)(C)CCOCN(COCC[Si](C)(C)C)c1cc(C2CCS(O)(O)CC2)nc2c(I)cnn12. The minimum Gasteiger partial charge on any atom is -0.361 e. The second-order valence-electron chi connectivity index (χ2n) is 12.0. The summed E-state index contributed by atoms with van der Waals surface area (Å²) in [5, 5.41) is 4.62. The second-order valence-corrected chi connectivity index (χ2v) is 26.8. The van der Waals surface area contributed by atoms with Gasteiger partial charge in [0.2, 0.25) is 0 Å². The van der Waals surface area contributed by atoms with Gasteiger partial charge in [0.05, 0.1) is 9.77 Å². The van der Waals surface area contributed by atoms with E-state index in [0.29, 0.717) is 25.0 Å². The highest BCUT2D eigenvalue weighted by atomic mass is 127. The van der Waals surface area contributed by atoms with Crippen molar-refractivity contribution in [1.29, 1.82) is 0 Å². The number of fused-ring (bicyclic) bond motifs is 1. The van der Waals surface area contributed by atoms with Gasteiger partial charge in [-0.15, -0.1) is 0 Å². The van der Waals surface area contributed by atoms with Crippen LogP contribution in [-0.4, -0.2) is 78.0 Å². The van der Waals surface area contributed by atoms with E-state index in [9.17, 15) is 9.11 Å². The van der Waals surface area contributed by atoms with Crippen molar-refractivity contribution in [2.24, 2.45) is 0 Å². The van der Waals surface area contributed by atoms with Crippen LogP contribution in [0.4, 0.5) is 5.82 Å². The van der Waals surface area contributed by atoms with Gasteiger partial charge in [0.15, 0.2) is 5.65 Å². The molecule has 8 nitrogen and oxygen atoms in total. The molecule has 0 aromatic carbocycles. The molecule has 200 valence electrons. The molecule has 1 fully saturated rings. The molecule has 0 amide bonds. The summed E-state index contributed by atoms with van der Waals surface area (Å²) in [5.74, 6) is 2.00. The van der Waals surface area contributed by atoms with Gasteiger partial charge in [-0.25, -0.2) is 4.98 Å². The van der Waals surface area contributed by atoms with Crippen LogP contribution in [0.15, 0.2) is 12.3 Å². The Kier molecular flexibility index (Phi) is 10.1. The van der Waals surface area contributed by atoms with E-state index in [1.165, 1.54) is 0 Å². The maximum atomic E-state index is 10.1. The summed E-state index contributed by atoms with van der Waals surface area (Å²) in [4.78, 5) is 7.07. The molecule has 2 aromatic rings. The summed E-state index contributed by atoms with van der Waals surface area (Å²) in [6.45, 7) is 16.5. The lowest BCUT2D eigenvalue weighted by molar-refractivity contribution is 0.0942. The number of rotatable bonds is 12. The smallest absolute Gasteiger partial charge is 0.171 e. The Morgan fingerprint density at radius 3 is 2.09 bits per heavy atom. The van der Waals surface area contributed by atoms with Gasteiger partial charge in [-0.3, -0.25) is 9.11 Å². The lowest BCUT2D eigenvalue weighted by Gasteiger charge is -2.39. The van der Waals surface area contributed by atoms with E-state index in [1.807, 2.05) is 10.7 Å². The molecule has 3 rings (SSSR count). The first-order valence-electron chi connectivity index (χ1n) is 12.4. The molecular weight excluding hydrogens is 611 g/mol. The van der Waals surface area contributed by atoms with Gasteiger partial charge in [0.25, 0.3) is 0 Å². The van der Waals surface area contributed by atoms with Gasteiger partial charge in [0.1, 0.15) is 19.3 Å². The van der Waals surface area contributed by atoms with Crippen molar-refractivity contribution in [1.82, 2.24) is 14.6 Å². The summed E-state index contributed by atoms with van der Waals surface area (Å²) < 4.78 is 35.4. The number of nitrogens with zero attached hydrogens (tertiary/aromatic N) is 4. The fraction of sp³-hybridized carbons (Fsp3) is 0.739. The predicted octanol–water partition coefficient (Wildman–Crippen LogP) is 6.39. The molecule has 0 saturated carbocycles. The van der Waals surface area contributed by atoms with E-state index in [1.54, 1.807) is 0 Å². The Bertz CT molecular complexity index is 949. The van der Waals surface area contributed by atoms with Crippen LogP contribution in [0.5, 0.6) is 0 Å². The molecule has 0 unspecified atom stereocenters. The fourth-order valence-corrected chi connectivity index (χ4v) is 7.37. The quantitative estimate of drug-likeness (QED) is 0.119. The molecule has 2 aromatic heterocycles. The van der Waals surface area contributed by atoms with E-state index in [-0.39, 0.29) is 5.92 Å². The number of halogens is 1. The average Bonchev–Trinajstić information content (AvgIpc) is 3.11. The van der Waals surface area contributed by atoms with Gasteiger partial charge in [0, 0.05) is 58.5 Å². The number of ether oxygens (including phenoxy) is 2. The van der Waals surface area contributed by atoms with Gasteiger partial charge in [-0.05, 0) is 47.5 Å². The summed E-state index contributed by atoms with van der Waals surface area (Å²) in [6, 6.07) is 4.33. The van der Waals surface area contributed by atoms with E-state index < -0.39 is 26.7 Å². The first-order chi connectivity index (χ1) is 16.2. The van der Waals surface area contributed by atoms with Crippen molar-refractivity contribution in [2.45, 2.75) is 70.1 Å². The fourth-order valence-electron chi connectivity index (χ4n) is 3.85. The normalized spacial score (nSPS) is 18.2. The van der Waals surface area contributed by atoms with Gasteiger partial charge in [-0.1, -0.05) is 39.3 Å². The number of anilines is 1. The summed E-state index contributed by atoms with van der Waals surface area (Å²) in [5.41, 5.74) is 1.81. The Hall–Kier alpha value is -0.226. The average molecular weight is 655 g/mol. The highest BCUT2D eigenvalue weighted by Gasteiger charge is 2.28. The number of aromatic nitrogens is 3. The zero-order valence-corrected chi connectivity index (χ0v) is 27.1. The van der Waals surface area contributed by atoms with Crippen molar-refractivity contribution in [2.75, 3.05) is 43.1 Å². The molecule has 0 aliphatic carbocycles. The first kappa shape index (κ1) is 29.3. The van der Waals surface area contributed by atoms with Crippen LogP contribution in [0, 0.1) is 3.57 Å². The monoisotopic (exact) mass is 654 g/mol. The van der Waals surface area contributed by atoms with Gasteiger partial charge in [-0.2, -0.15) is 20.2 Å². The summed E-state index contributed by atoms with van der Waals surface area (Å²) >= 11 is 2.28. The summed E-state index contributed by atoms with van der Waals surface area (Å²) in [7, 11) is -4.80. The largest absolute Gasteiger partial charge is 0.361 e. The molecular formula is C23H43IN4O4SSi2.